The summed E-state index contributed by atoms with van der Waals surface area (Å²) in [6, 6.07) is 2.77. The molecule has 0 saturated carbocycles. The first-order chi connectivity index (χ1) is 6.79. The Balaban J connectivity index is 2.97. The lowest BCUT2D eigenvalue weighted by Gasteiger charge is -2.09. The van der Waals surface area contributed by atoms with Crippen LogP contribution < -0.4 is 4.74 Å². The molecule has 1 rings (SSSR count). The standard InChI is InChI=1S/C9H7F3O3/c1-5(13)7-3-2-6(4-8(7)14)15-9(10,11)12/h2-4,14H,1H3. The summed E-state index contributed by atoms with van der Waals surface area (Å²) in [5.41, 5.74) is -0.0514. The van der Waals surface area contributed by atoms with Crippen molar-refractivity contribution in [2.75, 3.05) is 0 Å². The zero-order valence-corrected chi connectivity index (χ0v) is 7.63. The van der Waals surface area contributed by atoms with E-state index in [0.717, 1.165) is 18.2 Å². The molecule has 3 nitrogen and oxygen atoms in total. The Hall–Kier alpha value is -1.72. The minimum Gasteiger partial charge on any atom is -0.507 e. The molecule has 0 amide bonds. The van der Waals surface area contributed by atoms with Gasteiger partial charge in [0.1, 0.15) is 11.5 Å². The maximum atomic E-state index is 11.8. The van der Waals surface area contributed by atoms with Crippen LogP contribution in [0.4, 0.5) is 13.2 Å². The number of phenols is 1. The van der Waals surface area contributed by atoms with Gasteiger partial charge < -0.3 is 9.84 Å². The number of carbonyl (C=O) groups excluding carboxylic acids is 1. The molecule has 1 N–H and O–H groups in total. The number of hydrogen-bond donors (Lipinski definition) is 1. The molecular weight excluding hydrogens is 213 g/mol. The van der Waals surface area contributed by atoms with Gasteiger partial charge in [0.15, 0.2) is 5.78 Å². The highest BCUT2D eigenvalue weighted by Crippen LogP contribution is 2.28. The van der Waals surface area contributed by atoms with E-state index in [1.807, 2.05) is 0 Å². The van der Waals surface area contributed by atoms with Gasteiger partial charge in [0.2, 0.25) is 0 Å². The van der Waals surface area contributed by atoms with Crippen LogP contribution in [0.2, 0.25) is 0 Å². The molecule has 0 aromatic heterocycles. The smallest absolute Gasteiger partial charge is 0.507 e. The van der Waals surface area contributed by atoms with E-state index in [-0.39, 0.29) is 5.56 Å². The van der Waals surface area contributed by atoms with E-state index < -0.39 is 23.6 Å². The van der Waals surface area contributed by atoms with E-state index in [4.69, 9.17) is 0 Å². The normalized spacial score (nSPS) is 11.2. The molecule has 0 aliphatic rings. The second-order valence-corrected chi connectivity index (χ2v) is 2.78. The fraction of sp³-hybridized carbons (Fsp3) is 0.222. The summed E-state index contributed by atoms with van der Waals surface area (Å²) in [5.74, 6) is -1.54. The van der Waals surface area contributed by atoms with Gasteiger partial charge in [-0.25, -0.2) is 0 Å². The monoisotopic (exact) mass is 220 g/mol. The van der Waals surface area contributed by atoms with Crippen molar-refractivity contribution in [2.24, 2.45) is 0 Å². The van der Waals surface area contributed by atoms with E-state index >= 15 is 0 Å². The van der Waals surface area contributed by atoms with Crippen LogP contribution in [0.3, 0.4) is 0 Å². The summed E-state index contributed by atoms with van der Waals surface area (Å²) in [7, 11) is 0. The highest BCUT2D eigenvalue weighted by atomic mass is 19.4. The average molecular weight is 220 g/mol. The molecule has 82 valence electrons. The number of ketones is 1. The highest BCUT2D eigenvalue weighted by Gasteiger charge is 2.31. The van der Waals surface area contributed by atoms with Crippen molar-refractivity contribution in [3.63, 3.8) is 0 Å². The molecule has 0 fully saturated rings. The van der Waals surface area contributed by atoms with Crippen molar-refractivity contribution in [3.8, 4) is 11.5 Å². The largest absolute Gasteiger partial charge is 0.573 e. The molecule has 15 heavy (non-hydrogen) atoms. The van der Waals surface area contributed by atoms with Crippen LogP contribution in [0.15, 0.2) is 18.2 Å². The van der Waals surface area contributed by atoms with E-state index in [0.29, 0.717) is 0 Å². The summed E-state index contributed by atoms with van der Waals surface area (Å²) < 4.78 is 38.8. The van der Waals surface area contributed by atoms with Crippen molar-refractivity contribution in [3.05, 3.63) is 23.8 Å². The van der Waals surface area contributed by atoms with Gasteiger partial charge in [0.25, 0.3) is 0 Å². The van der Waals surface area contributed by atoms with Gasteiger partial charge >= 0.3 is 6.36 Å². The first-order valence-electron chi connectivity index (χ1n) is 3.89. The SMILES string of the molecule is CC(=O)c1ccc(OC(F)(F)F)cc1O. The van der Waals surface area contributed by atoms with Crippen LogP contribution in [0.5, 0.6) is 11.5 Å². The molecule has 0 radical (unpaired) electrons. The van der Waals surface area contributed by atoms with Crippen LogP contribution in [-0.4, -0.2) is 17.3 Å². The topological polar surface area (TPSA) is 46.5 Å². The van der Waals surface area contributed by atoms with E-state index in [1.165, 1.54) is 6.92 Å². The second-order valence-electron chi connectivity index (χ2n) is 2.78. The third-order valence-corrected chi connectivity index (χ3v) is 1.58. The minimum absolute atomic E-state index is 0.0514. The Morgan fingerprint density at radius 3 is 2.40 bits per heavy atom. The van der Waals surface area contributed by atoms with Crippen molar-refractivity contribution >= 4 is 5.78 Å². The number of carbonyl (C=O) groups is 1. The number of Topliss-reactive ketones (excluding diaryl/α,β-unsaturated/α-hetero) is 1. The zero-order valence-electron chi connectivity index (χ0n) is 7.63. The number of ether oxygens (including phenoxy) is 1. The number of halogens is 3. The predicted octanol–water partition coefficient (Wildman–Crippen LogP) is 2.49. The van der Waals surface area contributed by atoms with Crippen molar-refractivity contribution in [1.82, 2.24) is 0 Å². The Labute approximate surface area is 83.1 Å². The molecule has 0 unspecified atom stereocenters. The van der Waals surface area contributed by atoms with Crippen LogP contribution >= 0.6 is 0 Å². The summed E-state index contributed by atoms with van der Waals surface area (Å²) in [6.07, 6.45) is -4.82. The summed E-state index contributed by atoms with van der Waals surface area (Å²) in [4.78, 5) is 10.8. The number of phenolic OH excluding ortho intramolecular Hbond substituents is 1. The van der Waals surface area contributed by atoms with Crippen LogP contribution in [0.1, 0.15) is 17.3 Å². The summed E-state index contributed by atoms with van der Waals surface area (Å²) in [5, 5.41) is 9.19. The Morgan fingerprint density at radius 2 is 2.00 bits per heavy atom. The van der Waals surface area contributed by atoms with Crippen molar-refractivity contribution in [2.45, 2.75) is 13.3 Å². The number of rotatable bonds is 2. The van der Waals surface area contributed by atoms with Crippen LogP contribution in [-0.2, 0) is 0 Å². The van der Waals surface area contributed by atoms with Gasteiger partial charge in [-0.05, 0) is 19.1 Å². The molecule has 0 bridgehead atoms. The van der Waals surface area contributed by atoms with Gasteiger partial charge in [-0.3, -0.25) is 4.79 Å². The van der Waals surface area contributed by atoms with Crippen LogP contribution in [0.25, 0.3) is 0 Å². The van der Waals surface area contributed by atoms with Crippen molar-refractivity contribution in [1.29, 1.82) is 0 Å². The van der Waals surface area contributed by atoms with Crippen molar-refractivity contribution < 1.29 is 27.8 Å². The number of hydrogen-bond acceptors (Lipinski definition) is 3. The second kappa shape index (κ2) is 3.80. The minimum atomic E-state index is -4.82. The third-order valence-electron chi connectivity index (χ3n) is 1.58. The molecule has 6 heteroatoms. The Bertz CT molecular complexity index is 385. The van der Waals surface area contributed by atoms with Crippen LogP contribution in [0, 0.1) is 0 Å². The van der Waals surface area contributed by atoms with E-state index in [9.17, 15) is 23.1 Å². The Morgan fingerprint density at radius 1 is 1.40 bits per heavy atom. The molecule has 0 aliphatic heterocycles. The maximum Gasteiger partial charge on any atom is 0.573 e. The van der Waals surface area contributed by atoms with E-state index in [1.54, 1.807) is 0 Å². The first-order valence-corrected chi connectivity index (χ1v) is 3.89. The number of benzene rings is 1. The molecule has 0 heterocycles. The third kappa shape index (κ3) is 3.16. The quantitative estimate of drug-likeness (QED) is 0.779. The zero-order chi connectivity index (χ0) is 11.6. The van der Waals surface area contributed by atoms with Gasteiger partial charge in [-0.1, -0.05) is 0 Å². The molecule has 1 aromatic rings. The number of alkyl halides is 3. The first kappa shape index (κ1) is 11.4. The summed E-state index contributed by atoms with van der Waals surface area (Å²) >= 11 is 0. The lowest BCUT2D eigenvalue weighted by Crippen LogP contribution is -2.17. The molecule has 0 atom stereocenters. The van der Waals surface area contributed by atoms with E-state index in [2.05, 4.69) is 4.74 Å². The van der Waals surface area contributed by atoms with Gasteiger partial charge in [-0.15, -0.1) is 13.2 Å². The maximum absolute atomic E-state index is 11.8. The molecule has 0 aliphatic carbocycles. The lowest BCUT2D eigenvalue weighted by molar-refractivity contribution is -0.274. The fourth-order valence-corrected chi connectivity index (χ4v) is 1.01. The van der Waals surface area contributed by atoms with Gasteiger partial charge in [0.05, 0.1) is 5.56 Å². The summed E-state index contributed by atoms with van der Waals surface area (Å²) in [6.45, 7) is 1.19. The predicted molar refractivity (Wildman–Crippen MR) is 44.8 cm³/mol. The Kier molecular flexibility index (Phi) is 2.88. The van der Waals surface area contributed by atoms with Gasteiger partial charge in [-0.2, -0.15) is 0 Å². The highest BCUT2D eigenvalue weighted by molar-refractivity contribution is 5.96. The average Bonchev–Trinajstić information content (AvgIpc) is 1.99. The molecule has 1 aromatic carbocycles. The molecular formula is C9H7F3O3. The van der Waals surface area contributed by atoms with Gasteiger partial charge in [0, 0.05) is 6.07 Å². The lowest BCUT2D eigenvalue weighted by atomic mass is 10.1. The fourth-order valence-electron chi connectivity index (χ4n) is 1.01. The molecule has 0 spiro atoms. The molecule has 0 saturated heterocycles. The number of aromatic hydroxyl groups is 1.